The van der Waals surface area contributed by atoms with E-state index in [1.807, 2.05) is 0 Å². The third-order valence-corrected chi connectivity index (χ3v) is 3.22. The number of hydrogen-bond acceptors (Lipinski definition) is 4. The summed E-state index contributed by atoms with van der Waals surface area (Å²) < 4.78 is 0. The summed E-state index contributed by atoms with van der Waals surface area (Å²) in [7, 11) is 0. The smallest absolute Gasteiger partial charge is 0.191 e. The number of nitrogens with one attached hydrogen (secondary N) is 2. The molecule has 0 fully saturated rings. The van der Waals surface area contributed by atoms with E-state index in [2.05, 4.69) is 33.3 Å². The Morgan fingerprint density at radius 1 is 1.53 bits per heavy atom. The predicted octanol–water partition coefficient (Wildman–Crippen LogP) is 2.11. The van der Waals surface area contributed by atoms with Gasteiger partial charge in [-0.15, -0.1) is 24.0 Å². The first-order chi connectivity index (χ1) is 6.86. The lowest BCUT2D eigenvalue weighted by Gasteiger charge is -2.15. The summed E-state index contributed by atoms with van der Waals surface area (Å²) in [5.41, 5.74) is 2.73. The van der Waals surface area contributed by atoms with Gasteiger partial charge in [0.2, 0.25) is 0 Å². The van der Waals surface area contributed by atoms with Crippen LogP contribution < -0.4 is 10.6 Å². The molecular weight excluding hydrogens is 321 g/mol. The number of guanidine groups is 1. The molecule has 15 heavy (non-hydrogen) atoms. The van der Waals surface area contributed by atoms with Crippen LogP contribution in [0.15, 0.2) is 15.8 Å². The van der Waals surface area contributed by atoms with Crippen LogP contribution in [0.1, 0.15) is 17.5 Å². The van der Waals surface area contributed by atoms with Crippen LogP contribution in [0, 0.1) is 6.92 Å². The van der Waals surface area contributed by atoms with E-state index in [0.29, 0.717) is 0 Å². The summed E-state index contributed by atoms with van der Waals surface area (Å²) >= 11 is 1.75. The van der Waals surface area contributed by atoms with Gasteiger partial charge in [-0.3, -0.25) is 4.99 Å². The zero-order valence-corrected chi connectivity index (χ0v) is 11.9. The lowest BCUT2D eigenvalue weighted by molar-refractivity contribution is 0.702. The minimum Gasteiger partial charge on any atom is -0.356 e. The molecule has 2 N–H and O–H groups in total. The van der Waals surface area contributed by atoms with Gasteiger partial charge in [0.15, 0.2) is 5.96 Å². The standard InChI is InChI=1S/C10H15N3S.HI/c1-8-6-14-7-9(8)5-13-10-11-3-2-4-12-10;/h6-7H,2-5H2,1H3,(H2,11,12,13);1H. The SMILES string of the molecule is Cc1cscc1CNC1=NCCCN1.I. The second-order valence-corrected chi connectivity index (χ2v) is 4.19. The fraction of sp³-hybridized carbons (Fsp3) is 0.500. The zero-order valence-electron chi connectivity index (χ0n) is 8.75. The fourth-order valence-corrected chi connectivity index (χ4v) is 2.25. The largest absolute Gasteiger partial charge is 0.356 e. The van der Waals surface area contributed by atoms with Crippen LogP contribution in [0.2, 0.25) is 0 Å². The van der Waals surface area contributed by atoms with Crippen molar-refractivity contribution in [2.45, 2.75) is 19.9 Å². The highest BCUT2D eigenvalue weighted by molar-refractivity contribution is 14.0. The number of nitrogens with zero attached hydrogens (tertiary/aromatic N) is 1. The fourth-order valence-electron chi connectivity index (χ4n) is 1.40. The van der Waals surface area contributed by atoms with Crippen LogP contribution in [-0.2, 0) is 6.54 Å². The zero-order chi connectivity index (χ0) is 9.80. The molecule has 1 aromatic heterocycles. The van der Waals surface area contributed by atoms with Gasteiger partial charge in [-0.05, 0) is 35.2 Å². The first-order valence-corrected chi connectivity index (χ1v) is 5.84. The van der Waals surface area contributed by atoms with Crippen molar-refractivity contribution in [3.8, 4) is 0 Å². The van der Waals surface area contributed by atoms with Crippen molar-refractivity contribution in [2.75, 3.05) is 13.1 Å². The third-order valence-electron chi connectivity index (χ3n) is 2.31. The van der Waals surface area contributed by atoms with Crippen molar-refractivity contribution in [1.82, 2.24) is 10.6 Å². The number of rotatable bonds is 2. The topological polar surface area (TPSA) is 36.4 Å². The monoisotopic (exact) mass is 337 g/mol. The van der Waals surface area contributed by atoms with Crippen LogP contribution >= 0.6 is 35.3 Å². The Morgan fingerprint density at radius 2 is 2.40 bits per heavy atom. The molecule has 0 unspecified atom stereocenters. The molecule has 1 aliphatic heterocycles. The molecule has 3 nitrogen and oxygen atoms in total. The van der Waals surface area contributed by atoms with Crippen LogP contribution in [-0.4, -0.2) is 19.0 Å². The minimum atomic E-state index is 0. The lowest BCUT2D eigenvalue weighted by Crippen LogP contribution is -2.40. The summed E-state index contributed by atoms with van der Waals surface area (Å²) in [4.78, 5) is 4.36. The highest BCUT2D eigenvalue weighted by atomic mass is 127. The highest BCUT2D eigenvalue weighted by Gasteiger charge is 2.04. The van der Waals surface area contributed by atoms with Crippen molar-refractivity contribution in [2.24, 2.45) is 4.99 Å². The van der Waals surface area contributed by atoms with E-state index in [9.17, 15) is 0 Å². The van der Waals surface area contributed by atoms with Gasteiger partial charge < -0.3 is 10.6 Å². The first kappa shape index (κ1) is 12.8. The number of thiophene rings is 1. The third kappa shape index (κ3) is 3.64. The highest BCUT2D eigenvalue weighted by Crippen LogP contribution is 2.12. The van der Waals surface area contributed by atoms with Gasteiger partial charge in [0.05, 0.1) is 0 Å². The molecule has 0 saturated heterocycles. The molecule has 1 aliphatic rings. The second-order valence-electron chi connectivity index (χ2n) is 3.44. The van der Waals surface area contributed by atoms with Crippen molar-refractivity contribution in [1.29, 1.82) is 0 Å². The van der Waals surface area contributed by atoms with Gasteiger partial charge in [0.25, 0.3) is 0 Å². The van der Waals surface area contributed by atoms with Crippen LogP contribution in [0.3, 0.4) is 0 Å². The lowest BCUT2D eigenvalue weighted by atomic mass is 10.2. The molecule has 0 saturated carbocycles. The molecule has 0 aliphatic carbocycles. The Hall–Kier alpha value is -0.300. The Balaban J connectivity index is 0.00000112. The van der Waals surface area contributed by atoms with Gasteiger partial charge >= 0.3 is 0 Å². The summed E-state index contributed by atoms with van der Waals surface area (Å²) in [6, 6.07) is 0. The Bertz CT molecular complexity index is 335. The van der Waals surface area contributed by atoms with Gasteiger partial charge in [-0.25, -0.2) is 0 Å². The van der Waals surface area contributed by atoms with Gasteiger partial charge in [0, 0.05) is 19.6 Å². The molecule has 2 rings (SSSR count). The molecule has 0 amide bonds. The molecule has 0 radical (unpaired) electrons. The van der Waals surface area contributed by atoms with Gasteiger partial charge in [-0.2, -0.15) is 11.3 Å². The van der Waals surface area contributed by atoms with Crippen LogP contribution in [0.25, 0.3) is 0 Å². The Morgan fingerprint density at radius 3 is 3.00 bits per heavy atom. The maximum absolute atomic E-state index is 4.36. The maximum atomic E-state index is 4.36. The summed E-state index contributed by atoms with van der Waals surface area (Å²) in [6.45, 7) is 5.00. The van der Waals surface area contributed by atoms with Crippen molar-refractivity contribution < 1.29 is 0 Å². The molecular formula is C10H16IN3S. The first-order valence-electron chi connectivity index (χ1n) is 4.90. The second kappa shape index (κ2) is 6.32. The van der Waals surface area contributed by atoms with Crippen LogP contribution in [0.4, 0.5) is 0 Å². The van der Waals surface area contributed by atoms with Crippen molar-refractivity contribution in [3.63, 3.8) is 0 Å². The molecule has 0 bridgehead atoms. The quantitative estimate of drug-likeness (QED) is 0.811. The van der Waals surface area contributed by atoms with Crippen LogP contribution in [0.5, 0.6) is 0 Å². The number of aryl methyl sites for hydroxylation is 1. The molecule has 2 heterocycles. The maximum Gasteiger partial charge on any atom is 0.191 e. The molecule has 0 spiro atoms. The van der Waals surface area contributed by atoms with Gasteiger partial charge in [0.1, 0.15) is 0 Å². The van der Waals surface area contributed by atoms with E-state index in [1.165, 1.54) is 11.1 Å². The molecule has 1 aromatic rings. The number of hydrogen-bond donors (Lipinski definition) is 2. The number of halogens is 1. The van der Waals surface area contributed by atoms with Crippen molar-refractivity contribution >= 4 is 41.3 Å². The van der Waals surface area contributed by atoms with Gasteiger partial charge in [-0.1, -0.05) is 0 Å². The normalized spacial score (nSPS) is 14.9. The van der Waals surface area contributed by atoms with E-state index in [4.69, 9.17) is 0 Å². The van der Waals surface area contributed by atoms with E-state index in [-0.39, 0.29) is 24.0 Å². The molecule has 0 aromatic carbocycles. The van der Waals surface area contributed by atoms with E-state index in [0.717, 1.165) is 32.0 Å². The Labute approximate surface area is 111 Å². The van der Waals surface area contributed by atoms with E-state index < -0.39 is 0 Å². The summed E-state index contributed by atoms with van der Waals surface area (Å²) in [6.07, 6.45) is 1.14. The minimum absolute atomic E-state index is 0. The molecule has 0 atom stereocenters. The summed E-state index contributed by atoms with van der Waals surface area (Å²) in [5.74, 6) is 0.946. The molecule has 5 heteroatoms. The average molecular weight is 337 g/mol. The molecule has 84 valence electrons. The summed E-state index contributed by atoms with van der Waals surface area (Å²) in [5, 5.41) is 10.9. The van der Waals surface area contributed by atoms with Crippen molar-refractivity contribution in [3.05, 3.63) is 21.9 Å². The van der Waals surface area contributed by atoms with E-state index in [1.54, 1.807) is 11.3 Å². The predicted molar refractivity (Wildman–Crippen MR) is 76.2 cm³/mol. The van der Waals surface area contributed by atoms with E-state index >= 15 is 0 Å². The average Bonchev–Trinajstić information content (AvgIpc) is 2.63. The number of aliphatic imine (C=N–C) groups is 1. The Kier molecular flexibility index (Phi) is 5.38.